The second-order valence-electron chi connectivity index (χ2n) is 2.22. The summed E-state index contributed by atoms with van der Waals surface area (Å²) in [5, 5.41) is 16.8. The first-order chi connectivity index (χ1) is 5.63. The summed E-state index contributed by atoms with van der Waals surface area (Å²) in [5.74, 6) is -0.672. The molecule has 1 rings (SSSR count). The lowest BCUT2D eigenvalue weighted by Gasteiger charge is -2.03. The molecule has 0 amide bonds. The van der Waals surface area contributed by atoms with E-state index in [1.54, 1.807) is 12.1 Å². The zero-order valence-corrected chi connectivity index (χ0v) is 7.65. The zero-order chi connectivity index (χ0) is 9.14. The highest BCUT2D eigenvalue weighted by molar-refractivity contribution is 9.09. The van der Waals surface area contributed by atoms with Crippen LogP contribution in [0.4, 0.5) is 0 Å². The summed E-state index contributed by atoms with van der Waals surface area (Å²) in [7, 11) is 0. The average molecular weight is 231 g/mol. The smallest absolute Gasteiger partial charge is 0.205 e. The van der Waals surface area contributed by atoms with E-state index >= 15 is 0 Å². The predicted molar refractivity (Wildman–Crippen MR) is 47.4 cm³/mol. The van der Waals surface area contributed by atoms with E-state index in [9.17, 15) is 9.90 Å². The number of hydrogen-bond donors (Lipinski definition) is 2. The van der Waals surface area contributed by atoms with Crippen molar-refractivity contribution in [2.45, 2.75) is 5.01 Å². The highest BCUT2D eigenvalue weighted by atomic mass is 79.9. The topological polar surface area (TPSA) is 57.5 Å². The van der Waals surface area contributed by atoms with Gasteiger partial charge in [-0.3, -0.25) is 4.79 Å². The number of benzene rings is 1. The van der Waals surface area contributed by atoms with E-state index < -0.39 is 10.8 Å². The molecule has 1 aromatic rings. The van der Waals surface area contributed by atoms with E-state index in [2.05, 4.69) is 15.9 Å². The number of para-hydroxylation sites is 1. The molecule has 0 saturated carbocycles. The highest BCUT2D eigenvalue weighted by Gasteiger charge is 2.16. The number of aromatic hydroxyl groups is 1. The van der Waals surface area contributed by atoms with Crippen LogP contribution >= 0.6 is 15.9 Å². The molecule has 1 aromatic carbocycles. The van der Waals surface area contributed by atoms with Crippen molar-refractivity contribution in [3.63, 3.8) is 0 Å². The van der Waals surface area contributed by atoms with Gasteiger partial charge in [-0.1, -0.05) is 12.1 Å². The number of phenolic OH excluding ortho intramolecular Hbond substituents is 1. The number of alkyl halides is 1. The SMILES string of the molecule is O=C(c1ccccc1O)C(O)Br. The van der Waals surface area contributed by atoms with Gasteiger partial charge in [0, 0.05) is 0 Å². The molecule has 0 fully saturated rings. The lowest BCUT2D eigenvalue weighted by Crippen LogP contribution is -2.12. The molecule has 0 radical (unpaired) electrons. The number of halogens is 1. The predicted octanol–water partition coefficient (Wildman–Crippen LogP) is 1.29. The maximum absolute atomic E-state index is 11.1. The number of aliphatic hydroxyl groups is 1. The lowest BCUT2D eigenvalue weighted by molar-refractivity contribution is 0.0872. The number of aliphatic hydroxyl groups excluding tert-OH is 1. The van der Waals surface area contributed by atoms with Crippen LogP contribution in [0.15, 0.2) is 24.3 Å². The summed E-state index contributed by atoms with van der Waals surface area (Å²) < 4.78 is 0. The number of carbonyl (C=O) groups is 1. The first-order valence-corrected chi connectivity index (χ1v) is 4.19. The fourth-order valence-corrected chi connectivity index (χ4v) is 1.06. The van der Waals surface area contributed by atoms with Crippen LogP contribution in [-0.2, 0) is 0 Å². The maximum atomic E-state index is 11.1. The van der Waals surface area contributed by atoms with Crippen molar-refractivity contribution in [1.82, 2.24) is 0 Å². The van der Waals surface area contributed by atoms with Gasteiger partial charge in [-0.15, -0.1) is 0 Å². The number of phenols is 1. The largest absolute Gasteiger partial charge is 0.507 e. The number of rotatable bonds is 2. The second kappa shape index (κ2) is 3.69. The Morgan fingerprint density at radius 2 is 2.00 bits per heavy atom. The van der Waals surface area contributed by atoms with Gasteiger partial charge in [0.2, 0.25) is 5.78 Å². The Bertz CT molecular complexity index is 296. The van der Waals surface area contributed by atoms with Crippen molar-refractivity contribution in [1.29, 1.82) is 0 Å². The Kier molecular flexibility index (Phi) is 2.83. The summed E-state index contributed by atoms with van der Waals surface area (Å²) in [5.41, 5.74) is 0.113. The van der Waals surface area contributed by atoms with Gasteiger partial charge in [0.1, 0.15) is 5.75 Å². The first-order valence-electron chi connectivity index (χ1n) is 3.27. The van der Waals surface area contributed by atoms with E-state index in [-0.39, 0.29) is 11.3 Å². The minimum atomic E-state index is -1.26. The highest BCUT2D eigenvalue weighted by Crippen LogP contribution is 2.18. The van der Waals surface area contributed by atoms with Crippen molar-refractivity contribution in [2.75, 3.05) is 0 Å². The molecule has 0 bridgehead atoms. The molecule has 0 aliphatic heterocycles. The molecule has 0 aromatic heterocycles. The van der Waals surface area contributed by atoms with Crippen LogP contribution in [0.2, 0.25) is 0 Å². The summed E-state index contributed by atoms with van der Waals surface area (Å²) >= 11 is 2.71. The number of carbonyl (C=O) groups excluding carboxylic acids is 1. The molecular weight excluding hydrogens is 224 g/mol. The van der Waals surface area contributed by atoms with Gasteiger partial charge in [-0.25, -0.2) is 0 Å². The van der Waals surface area contributed by atoms with Crippen molar-refractivity contribution in [3.05, 3.63) is 29.8 Å². The molecular formula is C8H7BrO3. The third-order valence-electron chi connectivity index (χ3n) is 1.39. The Balaban J connectivity index is 3.03. The van der Waals surface area contributed by atoms with Gasteiger partial charge in [-0.2, -0.15) is 0 Å². The minimum Gasteiger partial charge on any atom is -0.507 e. The number of ketones is 1. The zero-order valence-electron chi connectivity index (χ0n) is 6.07. The monoisotopic (exact) mass is 230 g/mol. The molecule has 0 aliphatic carbocycles. The standard InChI is InChI=1S/C8H7BrO3/c9-8(12)7(11)5-3-1-2-4-6(5)10/h1-4,8,10,12H. The van der Waals surface area contributed by atoms with Crippen LogP contribution in [0.5, 0.6) is 5.75 Å². The van der Waals surface area contributed by atoms with Crippen LogP contribution in [0.25, 0.3) is 0 Å². The molecule has 64 valence electrons. The van der Waals surface area contributed by atoms with Crippen LogP contribution in [-0.4, -0.2) is 21.0 Å². The molecule has 1 atom stereocenters. The van der Waals surface area contributed by atoms with Gasteiger partial charge in [-0.05, 0) is 28.1 Å². The molecule has 2 N–H and O–H groups in total. The maximum Gasteiger partial charge on any atom is 0.205 e. The van der Waals surface area contributed by atoms with Gasteiger partial charge >= 0.3 is 0 Å². The summed E-state index contributed by atoms with van der Waals surface area (Å²) in [6, 6.07) is 6.06. The Morgan fingerprint density at radius 3 is 2.50 bits per heavy atom. The van der Waals surface area contributed by atoms with E-state index in [0.29, 0.717) is 0 Å². The lowest BCUT2D eigenvalue weighted by atomic mass is 10.1. The van der Waals surface area contributed by atoms with Crippen LogP contribution < -0.4 is 0 Å². The summed E-state index contributed by atoms with van der Waals surface area (Å²) in [4.78, 5) is 11.1. The van der Waals surface area contributed by atoms with Crippen molar-refractivity contribution in [3.8, 4) is 5.75 Å². The first kappa shape index (κ1) is 9.22. The van der Waals surface area contributed by atoms with Gasteiger partial charge in [0.25, 0.3) is 0 Å². The van der Waals surface area contributed by atoms with E-state index in [1.807, 2.05) is 0 Å². The Labute approximate surface area is 77.8 Å². The normalized spacial score (nSPS) is 12.5. The van der Waals surface area contributed by atoms with Crippen LogP contribution in [0.1, 0.15) is 10.4 Å². The van der Waals surface area contributed by atoms with Crippen LogP contribution in [0.3, 0.4) is 0 Å². The van der Waals surface area contributed by atoms with Gasteiger partial charge in [0.05, 0.1) is 5.56 Å². The van der Waals surface area contributed by atoms with E-state index in [4.69, 9.17) is 5.11 Å². The fourth-order valence-electron chi connectivity index (χ4n) is 0.810. The molecule has 12 heavy (non-hydrogen) atoms. The molecule has 4 heteroatoms. The van der Waals surface area contributed by atoms with Crippen molar-refractivity contribution >= 4 is 21.7 Å². The molecule has 1 unspecified atom stereocenters. The van der Waals surface area contributed by atoms with E-state index in [0.717, 1.165) is 0 Å². The third-order valence-corrected chi connectivity index (χ3v) is 1.80. The Hall–Kier alpha value is -0.870. The van der Waals surface area contributed by atoms with E-state index in [1.165, 1.54) is 12.1 Å². The average Bonchev–Trinajstić information content (AvgIpc) is 2.04. The van der Waals surface area contributed by atoms with Gasteiger partial charge < -0.3 is 10.2 Å². The number of Topliss-reactive ketones (excluding diaryl/α,β-unsaturated/α-hetero) is 1. The van der Waals surface area contributed by atoms with Gasteiger partial charge in [0.15, 0.2) is 5.01 Å². The second-order valence-corrected chi connectivity index (χ2v) is 3.08. The van der Waals surface area contributed by atoms with Crippen molar-refractivity contribution < 1.29 is 15.0 Å². The molecule has 0 heterocycles. The molecule has 3 nitrogen and oxygen atoms in total. The van der Waals surface area contributed by atoms with Crippen LogP contribution in [0, 0.1) is 0 Å². The molecule has 0 saturated heterocycles. The van der Waals surface area contributed by atoms with Crippen molar-refractivity contribution in [2.24, 2.45) is 0 Å². The number of hydrogen-bond acceptors (Lipinski definition) is 3. The third kappa shape index (κ3) is 1.84. The molecule has 0 spiro atoms. The molecule has 0 aliphatic rings. The Morgan fingerprint density at radius 1 is 1.42 bits per heavy atom. The quantitative estimate of drug-likeness (QED) is 0.595. The minimum absolute atomic E-state index is 0.113. The summed E-state index contributed by atoms with van der Waals surface area (Å²) in [6.45, 7) is 0. The summed E-state index contributed by atoms with van der Waals surface area (Å²) in [6.07, 6.45) is 0. The fraction of sp³-hybridized carbons (Fsp3) is 0.125.